The number of benzene rings is 2. The highest BCUT2D eigenvalue weighted by Gasteiger charge is 2.24. The Morgan fingerprint density at radius 3 is 2.86 bits per heavy atom. The number of fused-ring (bicyclic) bond motifs is 1. The van der Waals surface area contributed by atoms with E-state index in [1.54, 1.807) is 19.2 Å². The lowest BCUT2D eigenvalue weighted by Gasteiger charge is -2.35. The van der Waals surface area contributed by atoms with Gasteiger partial charge in [0.2, 0.25) is 0 Å². The lowest BCUT2D eigenvalue weighted by molar-refractivity contribution is 0.0162. The maximum absolute atomic E-state index is 12.7. The quantitative estimate of drug-likeness (QED) is 0.688. The summed E-state index contributed by atoms with van der Waals surface area (Å²) in [5.41, 5.74) is 3.26. The molecule has 1 atom stereocenters. The third-order valence-corrected chi connectivity index (χ3v) is 5.49. The molecule has 28 heavy (non-hydrogen) atoms. The number of nitrogens with zero attached hydrogens (tertiary/aromatic N) is 3. The monoisotopic (exact) mass is 398 g/mol. The van der Waals surface area contributed by atoms with E-state index in [2.05, 4.69) is 25.0 Å². The number of ether oxygens (including phenoxy) is 2. The minimum Gasteiger partial charge on any atom is -0.497 e. The fraction of sp³-hybridized carbons (Fsp3) is 0.350. The van der Waals surface area contributed by atoms with Crippen molar-refractivity contribution in [3.8, 4) is 5.75 Å². The fourth-order valence-electron chi connectivity index (χ4n) is 3.41. The molecular weight excluding hydrogens is 376 g/mol. The number of aromatic nitrogens is 2. The molecule has 0 bridgehead atoms. The molecule has 0 saturated carbocycles. The van der Waals surface area contributed by atoms with Gasteiger partial charge in [0.25, 0.3) is 5.91 Å². The molecule has 0 radical (unpaired) electrons. The lowest BCUT2D eigenvalue weighted by atomic mass is 10.0. The lowest BCUT2D eigenvalue weighted by Crippen LogP contribution is -2.43. The maximum atomic E-state index is 12.7. The van der Waals surface area contributed by atoms with Gasteiger partial charge in [-0.2, -0.15) is 8.75 Å². The summed E-state index contributed by atoms with van der Waals surface area (Å²) in [5.74, 6) is 0.694. The zero-order valence-corrected chi connectivity index (χ0v) is 16.4. The third kappa shape index (κ3) is 4.14. The van der Waals surface area contributed by atoms with Crippen molar-refractivity contribution < 1.29 is 14.3 Å². The fourth-order valence-corrected chi connectivity index (χ4v) is 3.93. The summed E-state index contributed by atoms with van der Waals surface area (Å²) in [6.45, 7) is 3.55. The molecule has 1 aliphatic heterocycles. The molecule has 7 nitrogen and oxygen atoms in total. The van der Waals surface area contributed by atoms with Gasteiger partial charge in [0.1, 0.15) is 16.8 Å². The van der Waals surface area contributed by atoms with E-state index in [0.29, 0.717) is 25.3 Å². The largest absolute Gasteiger partial charge is 0.497 e. The van der Waals surface area contributed by atoms with E-state index in [-0.39, 0.29) is 11.9 Å². The SMILES string of the molecule is COc1cccc([C@@H](CNC(=O)c2ccc3nsnc3c2)N2CCOCC2)c1. The van der Waals surface area contributed by atoms with Crippen LogP contribution in [-0.2, 0) is 4.74 Å². The summed E-state index contributed by atoms with van der Waals surface area (Å²) in [5, 5.41) is 3.08. The Bertz CT molecular complexity index is 955. The molecule has 3 aromatic rings. The van der Waals surface area contributed by atoms with Crippen molar-refractivity contribution in [2.75, 3.05) is 40.0 Å². The van der Waals surface area contributed by atoms with Crippen molar-refractivity contribution in [1.82, 2.24) is 19.0 Å². The number of rotatable bonds is 6. The molecule has 1 aromatic heterocycles. The Kier molecular flexibility index (Phi) is 5.80. The van der Waals surface area contributed by atoms with Gasteiger partial charge in [0.05, 0.1) is 38.1 Å². The van der Waals surface area contributed by atoms with Gasteiger partial charge < -0.3 is 14.8 Å². The van der Waals surface area contributed by atoms with Gasteiger partial charge in [0.15, 0.2) is 0 Å². The second-order valence-electron chi connectivity index (χ2n) is 6.62. The first kappa shape index (κ1) is 18.8. The first-order valence-electron chi connectivity index (χ1n) is 9.21. The first-order valence-corrected chi connectivity index (χ1v) is 9.94. The number of nitrogens with one attached hydrogen (secondary N) is 1. The minimum absolute atomic E-state index is 0.0487. The van der Waals surface area contributed by atoms with E-state index in [9.17, 15) is 4.79 Å². The number of hydrogen-bond donors (Lipinski definition) is 1. The van der Waals surface area contributed by atoms with Gasteiger partial charge in [0, 0.05) is 25.2 Å². The third-order valence-electron chi connectivity index (χ3n) is 4.94. The van der Waals surface area contributed by atoms with Crippen LogP contribution in [0.1, 0.15) is 22.0 Å². The summed E-state index contributed by atoms with van der Waals surface area (Å²) < 4.78 is 19.3. The highest BCUT2D eigenvalue weighted by molar-refractivity contribution is 7.00. The smallest absolute Gasteiger partial charge is 0.251 e. The van der Waals surface area contributed by atoms with Crippen molar-refractivity contribution in [2.24, 2.45) is 0 Å². The van der Waals surface area contributed by atoms with E-state index >= 15 is 0 Å². The van der Waals surface area contributed by atoms with Crippen molar-refractivity contribution in [2.45, 2.75) is 6.04 Å². The molecule has 0 aliphatic carbocycles. The van der Waals surface area contributed by atoms with Crippen LogP contribution in [0.2, 0.25) is 0 Å². The Labute approximate surface area is 167 Å². The Morgan fingerprint density at radius 2 is 2.04 bits per heavy atom. The van der Waals surface area contributed by atoms with Crippen molar-refractivity contribution >= 4 is 28.7 Å². The highest BCUT2D eigenvalue weighted by Crippen LogP contribution is 2.25. The average Bonchev–Trinajstić information content (AvgIpc) is 3.22. The summed E-state index contributed by atoms with van der Waals surface area (Å²) in [7, 11) is 1.66. The van der Waals surface area contributed by atoms with Crippen molar-refractivity contribution in [1.29, 1.82) is 0 Å². The molecule has 1 N–H and O–H groups in total. The van der Waals surface area contributed by atoms with E-state index in [4.69, 9.17) is 9.47 Å². The van der Waals surface area contributed by atoms with Crippen LogP contribution in [0.15, 0.2) is 42.5 Å². The van der Waals surface area contributed by atoms with Crippen molar-refractivity contribution in [3.05, 3.63) is 53.6 Å². The summed E-state index contributed by atoms with van der Waals surface area (Å²) in [6.07, 6.45) is 0. The normalized spacial score (nSPS) is 16.0. The predicted octanol–water partition coefficient (Wildman–Crippen LogP) is 2.50. The molecule has 8 heteroatoms. The van der Waals surface area contributed by atoms with Gasteiger partial charge in [-0.3, -0.25) is 9.69 Å². The molecule has 4 rings (SSSR count). The standard InChI is InChI=1S/C20H22N4O3S/c1-26-16-4-2-3-14(11-16)19(24-7-9-27-10-8-24)13-21-20(25)15-5-6-17-18(12-15)23-28-22-17/h2-6,11-12,19H,7-10,13H2,1H3,(H,21,25)/t19-/m1/s1. The van der Waals surface area contributed by atoms with E-state index < -0.39 is 0 Å². The molecule has 0 unspecified atom stereocenters. The van der Waals surface area contributed by atoms with Gasteiger partial charge in [-0.25, -0.2) is 0 Å². The van der Waals surface area contributed by atoms with Crippen LogP contribution in [0.25, 0.3) is 11.0 Å². The molecule has 0 spiro atoms. The van der Waals surface area contributed by atoms with Crippen LogP contribution in [0.3, 0.4) is 0 Å². The first-order chi connectivity index (χ1) is 13.7. The summed E-state index contributed by atoms with van der Waals surface area (Å²) in [6, 6.07) is 13.4. The van der Waals surface area contributed by atoms with Crippen molar-refractivity contribution in [3.63, 3.8) is 0 Å². The molecule has 1 aliphatic rings. The Hall–Kier alpha value is -2.55. The zero-order chi connectivity index (χ0) is 19.3. The average molecular weight is 398 g/mol. The highest BCUT2D eigenvalue weighted by atomic mass is 32.1. The molecule has 1 fully saturated rings. The van der Waals surface area contributed by atoms with Crippen LogP contribution < -0.4 is 10.1 Å². The Balaban J connectivity index is 1.51. The number of methoxy groups -OCH3 is 1. The predicted molar refractivity (Wildman–Crippen MR) is 108 cm³/mol. The van der Waals surface area contributed by atoms with Crippen LogP contribution in [0, 0.1) is 0 Å². The number of carbonyl (C=O) groups excluding carboxylic acids is 1. The molecule has 1 saturated heterocycles. The molecule has 2 heterocycles. The number of hydrogen-bond acceptors (Lipinski definition) is 7. The molecular formula is C20H22N4O3S. The van der Waals surface area contributed by atoms with E-state index in [0.717, 1.165) is 47.2 Å². The van der Waals surface area contributed by atoms with Gasteiger partial charge in [-0.05, 0) is 35.9 Å². The second-order valence-corrected chi connectivity index (χ2v) is 7.15. The molecule has 1 amide bonds. The number of amides is 1. The maximum Gasteiger partial charge on any atom is 0.251 e. The van der Waals surface area contributed by atoms with E-state index in [1.807, 2.05) is 24.3 Å². The molecule has 2 aromatic carbocycles. The summed E-state index contributed by atoms with van der Waals surface area (Å²) in [4.78, 5) is 15.1. The topological polar surface area (TPSA) is 76.6 Å². The van der Waals surface area contributed by atoms with Crippen LogP contribution >= 0.6 is 11.7 Å². The Morgan fingerprint density at radius 1 is 1.21 bits per heavy atom. The van der Waals surface area contributed by atoms with Gasteiger partial charge in [-0.1, -0.05) is 12.1 Å². The minimum atomic E-state index is -0.115. The molecule has 146 valence electrons. The van der Waals surface area contributed by atoms with Crippen LogP contribution in [0.4, 0.5) is 0 Å². The number of morpholine rings is 1. The van der Waals surface area contributed by atoms with Gasteiger partial charge in [-0.15, -0.1) is 0 Å². The number of carbonyl (C=O) groups is 1. The van der Waals surface area contributed by atoms with Crippen LogP contribution in [0.5, 0.6) is 5.75 Å². The van der Waals surface area contributed by atoms with E-state index in [1.165, 1.54) is 0 Å². The van der Waals surface area contributed by atoms with Crippen LogP contribution in [-0.4, -0.2) is 59.5 Å². The summed E-state index contributed by atoms with van der Waals surface area (Å²) >= 11 is 1.15. The van der Waals surface area contributed by atoms with Gasteiger partial charge >= 0.3 is 0 Å². The zero-order valence-electron chi connectivity index (χ0n) is 15.6. The second kappa shape index (κ2) is 8.64.